The molecule has 5 N–H and O–H groups in total. The van der Waals surface area contributed by atoms with E-state index in [0.717, 1.165) is 22.8 Å². The number of nitrogens with two attached hydrogens (primary N) is 2. The van der Waals surface area contributed by atoms with Crippen molar-refractivity contribution in [1.29, 1.82) is 0 Å². The van der Waals surface area contributed by atoms with Crippen molar-refractivity contribution in [2.75, 3.05) is 12.3 Å². The molecule has 2 aromatic heterocycles. The molecule has 0 saturated carbocycles. The summed E-state index contributed by atoms with van der Waals surface area (Å²) in [5.41, 5.74) is 6.10. The Balaban J connectivity index is 1.69. The summed E-state index contributed by atoms with van der Waals surface area (Å²) in [5.74, 6) is -0.340. The number of anilines is 1. The molecule has 15 heteroatoms. The molecule has 0 spiro atoms. The van der Waals surface area contributed by atoms with Gasteiger partial charge in [-0.15, -0.1) is 0 Å². The largest absolute Gasteiger partial charge is 0.387 e. The molecule has 166 valence electrons. The summed E-state index contributed by atoms with van der Waals surface area (Å²) in [7, 11) is -4.31. The zero-order valence-electron chi connectivity index (χ0n) is 15.5. The van der Waals surface area contributed by atoms with Crippen LogP contribution in [0.5, 0.6) is 0 Å². The Bertz CT molecular complexity index is 1210. The Morgan fingerprint density at radius 3 is 2.68 bits per heavy atom. The third-order valence-electron chi connectivity index (χ3n) is 4.45. The van der Waals surface area contributed by atoms with Gasteiger partial charge in [0, 0.05) is 4.90 Å². The van der Waals surface area contributed by atoms with Gasteiger partial charge in [-0.05, 0) is 24.3 Å². The normalized spacial score (nSPS) is 24.1. The second-order valence-electron chi connectivity index (χ2n) is 6.54. The second-order valence-corrected chi connectivity index (χ2v) is 8.82. The molecule has 1 aliphatic heterocycles. The quantitative estimate of drug-likeness (QED) is 0.458. The van der Waals surface area contributed by atoms with Crippen LogP contribution in [0.3, 0.4) is 0 Å². The van der Waals surface area contributed by atoms with E-state index in [0.29, 0.717) is 15.3 Å². The number of rotatable bonds is 6. The van der Waals surface area contributed by atoms with Crippen LogP contribution < -0.4 is 10.9 Å². The van der Waals surface area contributed by atoms with E-state index in [-0.39, 0.29) is 11.5 Å². The van der Waals surface area contributed by atoms with Gasteiger partial charge >= 0.3 is 10.3 Å². The first-order valence-corrected chi connectivity index (χ1v) is 11.0. The van der Waals surface area contributed by atoms with Crippen molar-refractivity contribution in [1.82, 2.24) is 19.7 Å². The van der Waals surface area contributed by atoms with E-state index < -0.39 is 47.3 Å². The van der Waals surface area contributed by atoms with Gasteiger partial charge in [-0.1, -0.05) is 11.8 Å². The number of halogens is 2. The number of aromatic nitrogens is 4. The molecule has 0 bridgehead atoms. The van der Waals surface area contributed by atoms with Crippen LogP contribution in [0, 0.1) is 5.82 Å². The number of aliphatic hydroxyl groups excluding tert-OH is 1. The monoisotopic (exact) mass is 474 g/mol. The lowest BCUT2D eigenvalue weighted by molar-refractivity contribution is -0.0456. The number of benzene rings is 1. The molecule has 0 unspecified atom stereocenters. The summed E-state index contributed by atoms with van der Waals surface area (Å²) in [4.78, 5) is 8.64. The number of alkyl halides is 1. The van der Waals surface area contributed by atoms with Crippen molar-refractivity contribution in [2.45, 2.75) is 34.5 Å². The summed E-state index contributed by atoms with van der Waals surface area (Å²) < 4.78 is 61.0. The summed E-state index contributed by atoms with van der Waals surface area (Å²) in [6.07, 6.45) is -5.33. The summed E-state index contributed by atoms with van der Waals surface area (Å²) in [5, 5.41) is 19.8. The highest BCUT2D eigenvalue weighted by atomic mass is 32.2. The highest BCUT2D eigenvalue weighted by Gasteiger charge is 2.47. The molecule has 0 amide bonds. The first-order valence-electron chi connectivity index (χ1n) is 8.71. The maximum absolute atomic E-state index is 14.9. The second kappa shape index (κ2) is 8.25. The Morgan fingerprint density at radius 2 is 2.00 bits per heavy atom. The van der Waals surface area contributed by atoms with E-state index in [1.807, 2.05) is 0 Å². The van der Waals surface area contributed by atoms with E-state index in [9.17, 15) is 22.3 Å². The van der Waals surface area contributed by atoms with Crippen LogP contribution in [0.25, 0.3) is 11.0 Å². The minimum atomic E-state index is -4.31. The number of fused-ring (bicyclic) bond motifs is 1. The fourth-order valence-electron chi connectivity index (χ4n) is 3.03. The number of hydrogen-bond acceptors (Lipinski definition) is 10. The predicted molar refractivity (Wildman–Crippen MR) is 104 cm³/mol. The van der Waals surface area contributed by atoms with E-state index in [1.165, 1.54) is 24.3 Å². The van der Waals surface area contributed by atoms with E-state index in [4.69, 9.17) is 15.6 Å². The highest BCUT2D eigenvalue weighted by molar-refractivity contribution is 7.99. The third kappa shape index (κ3) is 4.46. The van der Waals surface area contributed by atoms with Gasteiger partial charge in [0.2, 0.25) is 0 Å². The Kier molecular flexibility index (Phi) is 5.80. The van der Waals surface area contributed by atoms with Crippen LogP contribution in [0.1, 0.15) is 6.23 Å². The van der Waals surface area contributed by atoms with Crippen molar-refractivity contribution in [2.24, 2.45) is 5.14 Å². The molecular weight excluding hydrogens is 458 g/mol. The Labute approximate surface area is 178 Å². The average Bonchev–Trinajstić information content (AvgIpc) is 3.20. The third-order valence-corrected chi connectivity index (χ3v) is 5.90. The summed E-state index contributed by atoms with van der Waals surface area (Å²) >= 11 is 1.12. The minimum absolute atomic E-state index is 0.0731. The molecule has 11 nitrogen and oxygen atoms in total. The van der Waals surface area contributed by atoms with Crippen molar-refractivity contribution in [3.05, 3.63) is 36.4 Å². The lowest BCUT2D eigenvalue weighted by Gasteiger charge is -2.14. The van der Waals surface area contributed by atoms with Crippen molar-refractivity contribution < 1.29 is 31.2 Å². The first kappa shape index (κ1) is 21.8. The average molecular weight is 474 g/mol. The molecule has 1 aromatic carbocycles. The molecular formula is C16H16F2N6O5S2. The number of aliphatic hydroxyl groups is 1. The topological polar surface area (TPSA) is 168 Å². The molecule has 1 aliphatic rings. The van der Waals surface area contributed by atoms with Crippen molar-refractivity contribution in [3.8, 4) is 0 Å². The minimum Gasteiger partial charge on any atom is -0.387 e. The fourth-order valence-corrected chi connectivity index (χ4v) is 4.27. The zero-order valence-corrected chi connectivity index (χ0v) is 17.1. The highest BCUT2D eigenvalue weighted by Crippen LogP contribution is 2.39. The van der Waals surface area contributed by atoms with Gasteiger partial charge in [-0.2, -0.15) is 13.5 Å². The number of ether oxygens (including phenoxy) is 1. The van der Waals surface area contributed by atoms with E-state index >= 15 is 0 Å². The van der Waals surface area contributed by atoms with E-state index in [2.05, 4.69) is 19.2 Å². The maximum Gasteiger partial charge on any atom is 0.333 e. The molecule has 1 saturated heterocycles. The van der Waals surface area contributed by atoms with Crippen LogP contribution in [0.15, 0.2) is 40.5 Å². The van der Waals surface area contributed by atoms with Gasteiger partial charge in [0.25, 0.3) is 0 Å². The molecule has 31 heavy (non-hydrogen) atoms. The molecule has 3 heterocycles. The zero-order chi connectivity index (χ0) is 22.3. The lowest BCUT2D eigenvalue weighted by atomic mass is 10.1. The van der Waals surface area contributed by atoms with Crippen LogP contribution in [0.4, 0.5) is 14.6 Å². The predicted octanol–water partition coefficient (Wildman–Crippen LogP) is 0.515. The van der Waals surface area contributed by atoms with Gasteiger partial charge in [0.1, 0.15) is 35.2 Å². The van der Waals surface area contributed by atoms with E-state index in [1.54, 1.807) is 0 Å². The fraction of sp³-hybridized carbons (Fsp3) is 0.312. The smallest absolute Gasteiger partial charge is 0.333 e. The van der Waals surface area contributed by atoms with Crippen LogP contribution in [0.2, 0.25) is 0 Å². The summed E-state index contributed by atoms with van der Waals surface area (Å²) in [6, 6.07) is 5.59. The van der Waals surface area contributed by atoms with Crippen LogP contribution in [-0.4, -0.2) is 58.3 Å². The van der Waals surface area contributed by atoms with Gasteiger partial charge < -0.3 is 15.6 Å². The Hall–Kier alpha value is -2.43. The van der Waals surface area contributed by atoms with Crippen LogP contribution in [-0.2, 0) is 19.2 Å². The first-order chi connectivity index (χ1) is 14.6. The molecule has 4 atom stereocenters. The molecule has 0 aliphatic carbocycles. The van der Waals surface area contributed by atoms with Crippen LogP contribution >= 0.6 is 11.8 Å². The molecule has 0 radical (unpaired) electrons. The van der Waals surface area contributed by atoms with Gasteiger partial charge in [0.05, 0.1) is 12.0 Å². The maximum atomic E-state index is 14.9. The lowest BCUT2D eigenvalue weighted by Crippen LogP contribution is -2.33. The van der Waals surface area contributed by atoms with Crippen molar-refractivity contribution >= 4 is 38.9 Å². The van der Waals surface area contributed by atoms with Gasteiger partial charge in [-0.25, -0.2) is 28.6 Å². The number of nitrogens with zero attached hydrogens (tertiary/aromatic N) is 4. The number of hydrogen-bond donors (Lipinski definition) is 3. The molecule has 4 rings (SSSR count). The van der Waals surface area contributed by atoms with Crippen molar-refractivity contribution in [3.63, 3.8) is 0 Å². The van der Waals surface area contributed by atoms with Gasteiger partial charge in [-0.3, -0.25) is 4.18 Å². The Morgan fingerprint density at radius 1 is 1.29 bits per heavy atom. The molecule has 3 aromatic rings. The SMILES string of the molecule is Nc1ncnc2c1c(Sc1ccc(F)cc1)nn2[C@@H]1O[C@H](COS(N)(=O)=O)[C@@H](O)[C@@H]1F. The standard InChI is InChI=1S/C16H16F2N6O5S2/c17-7-1-3-8(4-2-7)30-15-10-13(19)21-6-22-14(10)24(23-15)16-11(18)12(25)9(29-16)5-28-31(20,26)27/h1-4,6,9,11-12,16,25H,5H2,(H2,19,21,22)(H2,20,26,27)/t9-,11+,12-,16-/m1/s1. The summed E-state index contributed by atoms with van der Waals surface area (Å²) in [6.45, 7) is -0.690. The molecule has 1 fully saturated rings. The van der Waals surface area contributed by atoms with Gasteiger partial charge in [0.15, 0.2) is 18.0 Å². The number of nitrogen functional groups attached to an aromatic ring is 1.